The molecule has 6 heteroatoms. The molecule has 0 fully saturated rings. The van der Waals surface area contributed by atoms with Crippen LogP contribution in [0.1, 0.15) is 16.7 Å². The third kappa shape index (κ3) is 4.50. The number of halogens is 2. The first-order valence-corrected chi connectivity index (χ1v) is 9.59. The molecule has 1 heterocycles. The van der Waals surface area contributed by atoms with Crippen LogP contribution in [0.25, 0.3) is 6.08 Å². The molecule has 3 aromatic rings. The van der Waals surface area contributed by atoms with Crippen molar-refractivity contribution in [2.45, 2.75) is 6.61 Å². The van der Waals surface area contributed by atoms with E-state index in [2.05, 4.69) is 4.99 Å². The number of esters is 1. The summed E-state index contributed by atoms with van der Waals surface area (Å²) in [5, 5.41) is 0.848. The highest BCUT2D eigenvalue weighted by Gasteiger charge is 2.26. The lowest BCUT2D eigenvalue weighted by Crippen LogP contribution is -2.06. The van der Waals surface area contributed by atoms with E-state index in [1.807, 2.05) is 54.6 Å². The molecule has 1 aliphatic heterocycles. The fourth-order valence-corrected chi connectivity index (χ4v) is 3.29. The van der Waals surface area contributed by atoms with Crippen molar-refractivity contribution < 1.29 is 14.3 Å². The Kier molecular flexibility index (Phi) is 5.65. The van der Waals surface area contributed by atoms with E-state index in [1.165, 1.54) is 0 Å². The summed E-state index contributed by atoms with van der Waals surface area (Å²) in [5.41, 5.74) is 2.44. The van der Waals surface area contributed by atoms with Crippen molar-refractivity contribution in [1.82, 2.24) is 0 Å². The van der Waals surface area contributed by atoms with Gasteiger partial charge in [0.15, 0.2) is 5.70 Å². The van der Waals surface area contributed by atoms with Gasteiger partial charge < -0.3 is 9.47 Å². The van der Waals surface area contributed by atoms with Crippen LogP contribution in [-0.4, -0.2) is 11.9 Å². The second-order valence-corrected chi connectivity index (χ2v) is 7.12. The summed E-state index contributed by atoms with van der Waals surface area (Å²) in [5.74, 6) is 0.235. The predicted octanol–water partition coefficient (Wildman–Crippen LogP) is 5.92. The van der Waals surface area contributed by atoms with E-state index in [9.17, 15) is 4.79 Å². The molecule has 0 amide bonds. The lowest BCUT2D eigenvalue weighted by Gasteiger charge is -2.09. The van der Waals surface area contributed by atoms with Gasteiger partial charge >= 0.3 is 5.97 Å². The summed E-state index contributed by atoms with van der Waals surface area (Å²) in [7, 11) is 0. The molecule has 0 bridgehead atoms. The minimum atomic E-state index is -0.552. The van der Waals surface area contributed by atoms with E-state index < -0.39 is 5.97 Å². The largest absolute Gasteiger partial charge is 0.488 e. The molecule has 4 nitrogen and oxygen atoms in total. The van der Waals surface area contributed by atoms with Gasteiger partial charge in [-0.25, -0.2) is 9.79 Å². The van der Waals surface area contributed by atoms with Gasteiger partial charge in [-0.2, -0.15) is 0 Å². The van der Waals surface area contributed by atoms with E-state index in [0.29, 0.717) is 28.0 Å². The molecule has 0 aliphatic carbocycles. The van der Waals surface area contributed by atoms with Crippen molar-refractivity contribution in [3.8, 4) is 5.75 Å². The molecule has 0 spiro atoms. The van der Waals surface area contributed by atoms with Gasteiger partial charge in [0.2, 0.25) is 5.90 Å². The zero-order valence-corrected chi connectivity index (χ0v) is 16.7. The molecule has 144 valence electrons. The number of ether oxygens (including phenoxy) is 2. The molecule has 0 atom stereocenters. The molecule has 0 saturated heterocycles. The van der Waals surface area contributed by atoms with Gasteiger partial charge in [0, 0.05) is 10.6 Å². The third-order valence-electron chi connectivity index (χ3n) is 4.23. The SMILES string of the molecule is O=C1OC(c2ccc(Cl)cc2Cl)=NC1=Cc1ccccc1OCc1ccccc1. The Morgan fingerprint density at radius 2 is 1.72 bits per heavy atom. The molecule has 0 radical (unpaired) electrons. The molecule has 3 aromatic carbocycles. The third-order valence-corrected chi connectivity index (χ3v) is 4.78. The second kappa shape index (κ2) is 8.52. The van der Waals surface area contributed by atoms with Crippen LogP contribution in [0.5, 0.6) is 5.75 Å². The first-order valence-electron chi connectivity index (χ1n) is 8.84. The number of hydrogen-bond acceptors (Lipinski definition) is 4. The Labute approximate surface area is 178 Å². The number of carbonyl (C=O) groups excluding carboxylic acids is 1. The Bertz CT molecular complexity index is 1120. The molecule has 1 aliphatic rings. The smallest absolute Gasteiger partial charge is 0.363 e. The first-order chi connectivity index (χ1) is 14.1. The number of benzene rings is 3. The Morgan fingerprint density at radius 1 is 0.966 bits per heavy atom. The molecular formula is C23H15Cl2NO3. The van der Waals surface area contributed by atoms with E-state index in [-0.39, 0.29) is 11.6 Å². The van der Waals surface area contributed by atoms with Gasteiger partial charge in [0.1, 0.15) is 12.4 Å². The van der Waals surface area contributed by atoms with E-state index in [4.69, 9.17) is 32.7 Å². The van der Waals surface area contributed by atoms with Gasteiger partial charge in [0.25, 0.3) is 0 Å². The first kappa shape index (κ1) is 19.2. The van der Waals surface area contributed by atoms with Gasteiger partial charge in [-0.15, -0.1) is 0 Å². The molecule has 0 aromatic heterocycles. The number of nitrogens with zero attached hydrogens (tertiary/aromatic N) is 1. The Morgan fingerprint density at radius 3 is 2.52 bits per heavy atom. The molecular weight excluding hydrogens is 409 g/mol. The quantitative estimate of drug-likeness (QED) is 0.378. The highest BCUT2D eigenvalue weighted by molar-refractivity contribution is 6.37. The summed E-state index contributed by atoms with van der Waals surface area (Å²) in [4.78, 5) is 16.6. The maximum atomic E-state index is 12.3. The molecule has 29 heavy (non-hydrogen) atoms. The van der Waals surface area contributed by atoms with Crippen molar-refractivity contribution in [2.75, 3.05) is 0 Å². The molecule has 4 rings (SSSR count). The topological polar surface area (TPSA) is 47.9 Å². The maximum absolute atomic E-state index is 12.3. The maximum Gasteiger partial charge on any atom is 0.363 e. The Hall–Kier alpha value is -3.08. The highest BCUT2D eigenvalue weighted by atomic mass is 35.5. The Balaban J connectivity index is 1.60. The lowest BCUT2D eigenvalue weighted by molar-refractivity contribution is -0.129. The number of rotatable bonds is 5. The van der Waals surface area contributed by atoms with E-state index in [1.54, 1.807) is 24.3 Å². The van der Waals surface area contributed by atoms with Crippen LogP contribution in [0.4, 0.5) is 0 Å². The standard InChI is InChI=1S/C23H15Cl2NO3/c24-17-10-11-18(19(25)13-17)22-26-20(23(27)29-22)12-16-8-4-5-9-21(16)28-14-15-6-2-1-3-7-15/h1-13H,14H2. The average Bonchev–Trinajstić information content (AvgIpc) is 3.08. The van der Waals surface area contributed by atoms with Gasteiger partial charge in [0.05, 0.1) is 10.6 Å². The molecule has 0 saturated carbocycles. The summed E-state index contributed by atoms with van der Waals surface area (Å²) in [6.07, 6.45) is 1.64. The number of para-hydroxylation sites is 1. The number of cyclic esters (lactones) is 1. The zero-order chi connectivity index (χ0) is 20.2. The molecule has 0 unspecified atom stereocenters. The van der Waals surface area contributed by atoms with Crippen LogP contribution in [0.2, 0.25) is 10.0 Å². The fourth-order valence-electron chi connectivity index (χ4n) is 2.80. The number of aliphatic imine (C=N–C) groups is 1. The van der Waals surface area contributed by atoms with Crippen molar-refractivity contribution in [3.05, 3.63) is 105 Å². The number of carbonyl (C=O) groups is 1. The fraction of sp³-hybridized carbons (Fsp3) is 0.0435. The van der Waals surface area contributed by atoms with Crippen molar-refractivity contribution in [1.29, 1.82) is 0 Å². The minimum absolute atomic E-state index is 0.144. The summed E-state index contributed by atoms with van der Waals surface area (Å²) in [6.45, 7) is 0.417. The van der Waals surface area contributed by atoms with Crippen LogP contribution >= 0.6 is 23.2 Å². The number of hydrogen-bond donors (Lipinski definition) is 0. The van der Waals surface area contributed by atoms with Crippen LogP contribution in [0.15, 0.2) is 83.5 Å². The summed E-state index contributed by atoms with van der Waals surface area (Å²) in [6, 6.07) is 22.2. The van der Waals surface area contributed by atoms with Crippen molar-refractivity contribution in [2.24, 2.45) is 4.99 Å². The van der Waals surface area contributed by atoms with E-state index in [0.717, 1.165) is 11.1 Å². The summed E-state index contributed by atoms with van der Waals surface area (Å²) >= 11 is 12.1. The van der Waals surface area contributed by atoms with Crippen LogP contribution in [0.3, 0.4) is 0 Å². The summed E-state index contributed by atoms with van der Waals surface area (Å²) < 4.78 is 11.2. The van der Waals surface area contributed by atoms with Crippen LogP contribution in [0, 0.1) is 0 Å². The predicted molar refractivity (Wildman–Crippen MR) is 114 cm³/mol. The van der Waals surface area contributed by atoms with Crippen molar-refractivity contribution >= 4 is 41.1 Å². The van der Waals surface area contributed by atoms with Gasteiger partial charge in [-0.05, 0) is 35.9 Å². The van der Waals surface area contributed by atoms with Crippen LogP contribution in [-0.2, 0) is 16.1 Å². The average molecular weight is 424 g/mol. The van der Waals surface area contributed by atoms with Gasteiger partial charge in [-0.1, -0.05) is 71.7 Å². The second-order valence-electron chi connectivity index (χ2n) is 6.27. The van der Waals surface area contributed by atoms with Gasteiger partial charge in [-0.3, -0.25) is 0 Å². The normalized spacial score (nSPS) is 14.6. The van der Waals surface area contributed by atoms with Crippen LogP contribution < -0.4 is 4.74 Å². The minimum Gasteiger partial charge on any atom is -0.488 e. The monoisotopic (exact) mass is 423 g/mol. The molecule has 0 N–H and O–H groups in total. The lowest BCUT2D eigenvalue weighted by atomic mass is 10.1. The van der Waals surface area contributed by atoms with E-state index >= 15 is 0 Å². The highest BCUT2D eigenvalue weighted by Crippen LogP contribution is 2.28. The van der Waals surface area contributed by atoms with Crippen molar-refractivity contribution in [3.63, 3.8) is 0 Å². The zero-order valence-electron chi connectivity index (χ0n) is 15.1.